The van der Waals surface area contributed by atoms with Crippen molar-refractivity contribution in [1.82, 2.24) is 9.97 Å². The van der Waals surface area contributed by atoms with Gasteiger partial charge in [-0.15, -0.1) is 0 Å². The van der Waals surface area contributed by atoms with Crippen LogP contribution in [0.25, 0.3) is 0 Å². The van der Waals surface area contributed by atoms with Crippen LogP contribution in [-0.4, -0.2) is 52.8 Å². The third kappa shape index (κ3) is 6.46. The smallest absolute Gasteiger partial charge is 0.391 e. The van der Waals surface area contributed by atoms with Crippen molar-refractivity contribution < 1.29 is 32.6 Å². The van der Waals surface area contributed by atoms with Gasteiger partial charge in [0.15, 0.2) is 0 Å². The van der Waals surface area contributed by atoms with Gasteiger partial charge in [0.25, 0.3) is 5.91 Å². The summed E-state index contributed by atoms with van der Waals surface area (Å²) in [5.41, 5.74) is 7.90. The van der Waals surface area contributed by atoms with Gasteiger partial charge in [-0.2, -0.15) is 23.1 Å². The van der Waals surface area contributed by atoms with E-state index in [2.05, 4.69) is 15.3 Å². The van der Waals surface area contributed by atoms with Crippen LogP contribution in [0, 0.1) is 11.8 Å². The van der Waals surface area contributed by atoms with Crippen LogP contribution in [-0.2, 0) is 4.79 Å². The fourth-order valence-electron chi connectivity index (χ4n) is 5.00. The van der Waals surface area contributed by atoms with E-state index in [4.69, 9.17) is 15.6 Å². The normalized spacial score (nSPS) is 20.7. The molecule has 0 saturated heterocycles. The van der Waals surface area contributed by atoms with E-state index < -0.39 is 24.0 Å². The number of nitrogens with two attached hydrogens (primary N) is 1. The number of carbonyl (C=O) groups is 2. The predicted molar refractivity (Wildman–Crippen MR) is 135 cm³/mol. The second-order valence-corrected chi connectivity index (χ2v) is 9.98. The highest BCUT2D eigenvalue weighted by atomic mass is 19.4. The lowest BCUT2D eigenvalue weighted by atomic mass is 9.77. The molecule has 1 aromatic carbocycles. The van der Waals surface area contributed by atoms with E-state index >= 15 is 0 Å². The molecule has 2 heterocycles. The zero-order chi connectivity index (χ0) is 27.4. The molecule has 0 spiro atoms. The van der Waals surface area contributed by atoms with E-state index in [9.17, 15) is 22.8 Å². The highest BCUT2D eigenvalue weighted by Crippen LogP contribution is 2.38. The Morgan fingerprint density at radius 1 is 1.21 bits per heavy atom. The summed E-state index contributed by atoms with van der Waals surface area (Å²) >= 11 is 0. The number of aromatic nitrogens is 2. The van der Waals surface area contributed by atoms with Gasteiger partial charge in [0, 0.05) is 18.7 Å². The van der Waals surface area contributed by atoms with Gasteiger partial charge < -0.3 is 25.8 Å². The summed E-state index contributed by atoms with van der Waals surface area (Å²) in [5.74, 6) is -2.21. The molecule has 38 heavy (non-hydrogen) atoms. The number of anilines is 3. The van der Waals surface area contributed by atoms with Crippen LogP contribution in [0.15, 0.2) is 24.3 Å². The monoisotopic (exact) mass is 535 g/mol. The number of nitrogens with zero attached hydrogens (tertiary/aromatic N) is 3. The number of rotatable bonds is 8. The lowest BCUT2D eigenvalue weighted by Crippen LogP contribution is -2.32. The van der Waals surface area contributed by atoms with Crippen molar-refractivity contribution in [1.29, 1.82) is 0 Å². The standard InChI is InChI=1S/C26H32F3N5O4/c1-15(26(27,28)29)10-11-31-25-32-22(30)21-23(33-25)38-13-12-34(24(21)37)19-8-6-18(7-9-19)17-4-2-16(3-5-17)14-20(35)36/h6-9,15-17H,2-5,10-14H2,1H3,(H,35,36)(H3,30,31,32,33). The summed E-state index contributed by atoms with van der Waals surface area (Å²) in [6.07, 6.45) is -0.607. The minimum Gasteiger partial charge on any atom is -0.481 e. The van der Waals surface area contributed by atoms with Crippen LogP contribution >= 0.6 is 0 Å². The third-order valence-corrected chi connectivity index (χ3v) is 7.32. The Bertz CT molecular complexity index is 1150. The number of hydrogen-bond acceptors (Lipinski definition) is 7. The lowest BCUT2D eigenvalue weighted by molar-refractivity contribution is -0.170. The number of alkyl halides is 3. The van der Waals surface area contributed by atoms with E-state index in [0.717, 1.165) is 38.2 Å². The number of halogens is 3. The van der Waals surface area contributed by atoms with Crippen molar-refractivity contribution in [2.24, 2.45) is 11.8 Å². The van der Waals surface area contributed by atoms with Gasteiger partial charge in [-0.1, -0.05) is 19.1 Å². The molecule has 1 aromatic heterocycles. The van der Waals surface area contributed by atoms with Gasteiger partial charge in [0.1, 0.15) is 18.0 Å². The number of nitrogen functional groups attached to an aromatic ring is 1. The Labute approximate surface area is 218 Å². The number of amides is 1. The van der Waals surface area contributed by atoms with Crippen molar-refractivity contribution >= 4 is 29.3 Å². The predicted octanol–water partition coefficient (Wildman–Crippen LogP) is 4.85. The summed E-state index contributed by atoms with van der Waals surface area (Å²) in [5, 5.41) is 11.7. The highest BCUT2D eigenvalue weighted by Gasteiger charge is 2.35. The Kier molecular flexibility index (Phi) is 8.27. The van der Waals surface area contributed by atoms with E-state index in [0.29, 0.717) is 11.6 Å². The molecule has 4 rings (SSSR count). The average molecular weight is 536 g/mol. The first-order valence-electron chi connectivity index (χ1n) is 12.8. The van der Waals surface area contributed by atoms with Crippen LogP contribution in [0.3, 0.4) is 0 Å². The largest absolute Gasteiger partial charge is 0.481 e. The van der Waals surface area contributed by atoms with E-state index in [1.165, 1.54) is 4.90 Å². The maximum absolute atomic E-state index is 13.4. The first-order valence-corrected chi connectivity index (χ1v) is 12.8. The SMILES string of the molecule is CC(CCNc1nc(N)c2c(n1)OCCN(c1ccc(C3CCC(CC(=O)O)CC3)cc1)C2=O)C(F)(F)F. The molecule has 1 fully saturated rings. The van der Waals surface area contributed by atoms with Gasteiger partial charge in [0.05, 0.1) is 12.5 Å². The van der Waals surface area contributed by atoms with Gasteiger partial charge in [-0.05, 0) is 61.6 Å². The first kappa shape index (κ1) is 27.5. The molecular formula is C26H32F3N5O4. The molecule has 1 aliphatic carbocycles. The van der Waals surface area contributed by atoms with E-state index in [-0.39, 0.29) is 61.7 Å². The quantitative estimate of drug-likeness (QED) is 0.437. The summed E-state index contributed by atoms with van der Waals surface area (Å²) in [6.45, 7) is 1.48. The van der Waals surface area contributed by atoms with E-state index in [1.807, 2.05) is 24.3 Å². The van der Waals surface area contributed by atoms with Crippen molar-refractivity contribution in [3.8, 4) is 5.88 Å². The molecule has 1 aliphatic heterocycles. The molecule has 1 unspecified atom stereocenters. The van der Waals surface area contributed by atoms with Gasteiger partial charge in [-0.3, -0.25) is 9.59 Å². The second kappa shape index (κ2) is 11.4. The van der Waals surface area contributed by atoms with Crippen molar-refractivity contribution in [2.75, 3.05) is 35.6 Å². The van der Waals surface area contributed by atoms with Crippen LogP contribution in [0.5, 0.6) is 5.88 Å². The molecule has 0 bridgehead atoms. The number of benzene rings is 1. The zero-order valence-electron chi connectivity index (χ0n) is 21.1. The molecule has 2 aromatic rings. The minimum absolute atomic E-state index is 0.000645. The number of carbonyl (C=O) groups excluding carboxylic acids is 1. The molecule has 1 amide bonds. The Balaban J connectivity index is 1.42. The van der Waals surface area contributed by atoms with Gasteiger partial charge >= 0.3 is 12.1 Å². The maximum atomic E-state index is 13.4. The van der Waals surface area contributed by atoms with Crippen LogP contribution in [0.4, 0.5) is 30.6 Å². The first-order chi connectivity index (χ1) is 18.0. The number of ether oxygens (including phenoxy) is 1. The number of hydrogen-bond donors (Lipinski definition) is 3. The zero-order valence-corrected chi connectivity index (χ0v) is 21.1. The molecule has 1 atom stereocenters. The number of fused-ring (bicyclic) bond motifs is 1. The molecule has 4 N–H and O–H groups in total. The van der Waals surface area contributed by atoms with Crippen molar-refractivity contribution in [3.63, 3.8) is 0 Å². The van der Waals surface area contributed by atoms with Crippen LogP contribution < -0.4 is 20.7 Å². The summed E-state index contributed by atoms with van der Waals surface area (Å²) in [4.78, 5) is 34.2. The topological polar surface area (TPSA) is 131 Å². The molecular weight excluding hydrogens is 503 g/mol. The minimum atomic E-state index is -4.28. The highest BCUT2D eigenvalue weighted by molar-refractivity contribution is 6.10. The van der Waals surface area contributed by atoms with E-state index in [1.54, 1.807) is 0 Å². The summed E-state index contributed by atoms with van der Waals surface area (Å²) in [7, 11) is 0. The summed E-state index contributed by atoms with van der Waals surface area (Å²) < 4.78 is 43.9. The third-order valence-electron chi connectivity index (χ3n) is 7.32. The fourth-order valence-corrected chi connectivity index (χ4v) is 5.00. The molecule has 9 nitrogen and oxygen atoms in total. The molecule has 1 saturated carbocycles. The Hall–Kier alpha value is -3.57. The summed E-state index contributed by atoms with van der Waals surface area (Å²) in [6, 6.07) is 7.73. The van der Waals surface area contributed by atoms with Crippen LogP contribution in [0.2, 0.25) is 0 Å². The maximum Gasteiger partial charge on any atom is 0.391 e. The molecule has 2 aliphatic rings. The molecule has 206 valence electrons. The molecule has 0 radical (unpaired) electrons. The van der Waals surface area contributed by atoms with Gasteiger partial charge in [0.2, 0.25) is 11.8 Å². The van der Waals surface area contributed by atoms with Crippen LogP contribution in [0.1, 0.15) is 67.3 Å². The van der Waals surface area contributed by atoms with Crippen molar-refractivity contribution in [3.05, 3.63) is 35.4 Å². The Morgan fingerprint density at radius 2 is 1.89 bits per heavy atom. The molecule has 12 heteroatoms. The average Bonchev–Trinajstić information content (AvgIpc) is 3.02. The fraction of sp³-hybridized carbons (Fsp3) is 0.538. The number of carboxylic acids is 1. The van der Waals surface area contributed by atoms with Crippen molar-refractivity contribution in [2.45, 2.75) is 57.5 Å². The number of carboxylic acid groups (broad SMARTS) is 1. The van der Waals surface area contributed by atoms with Gasteiger partial charge in [-0.25, -0.2) is 0 Å². The second-order valence-electron chi connectivity index (χ2n) is 9.98. The number of nitrogens with one attached hydrogen (secondary N) is 1. The Morgan fingerprint density at radius 3 is 2.53 bits per heavy atom. The lowest BCUT2D eigenvalue weighted by Gasteiger charge is -2.28. The number of aliphatic carboxylic acids is 1.